The summed E-state index contributed by atoms with van der Waals surface area (Å²) in [5.41, 5.74) is -1.67. The second-order valence-electron chi connectivity index (χ2n) is 6.75. The third-order valence-electron chi connectivity index (χ3n) is 5.47. The van der Waals surface area contributed by atoms with Gasteiger partial charge in [-0.1, -0.05) is 30.3 Å². The highest BCUT2D eigenvalue weighted by Crippen LogP contribution is 2.48. The Bertz CT molecular complexity index is 590. The van der Waals surface area contributed by atoms with E-state index < -0.39 is 18.2 Å². The van der Waals surface area contributed by atoms with Gasteiger partial charge in [0, 0.05) is 24.9 Å². The molecule has 4 unspecified atom stereocenters. The number of benzene rings is 1. The monoisotopic (exact) mass is 319 g/mol. The number of hydrogen-bond donors (Lipinski definition) is 2. The first-order valence-electron chi connectivity index (χ1n) is 8.02. The Morgan fingerprint density at radius 1 is 1.30 bits per heavy atom. The van der Waals surface area contributed by atoms with Crippen molar-refractivity contribution in [1.82, 2.24) is 4.90 Å². The fourth-order valence-corrected chi connectivity index (χ4v) is 4.03. The normalized spacial score (nSPS) is 37.8. The zero-order valence-corrected chi connectivity index (χ0v) is 13.0. The Hall–Kier alpha value is -1.47. The lowest BCUT2D eigenvalue weighted by Gasteiger charge is -2.38. The van der Waals surface area contributed by atoms with E-state index in [0.29, 0.717) is 18.4 Å². The molecule has 124 valence electrons. The van der Waals surface area contributed by atoms with Crippen LogP contribution in [0, 0.1) is 0 Å². The van der Waals surface area contributed by atoms with Gasteiger partial charge in [-0.15, -0.1) is 0 Å². The quantitative estimate of drug-likeness (QED) is 0.601. The van der Waals surface area contributed by atoms with Gasteiger partial charge in [0.05, 0.1) is 6.61 Å². The maximum atomic E-state index is 12.5. The first kappa shape index (κ1) is 15.1. The van der Waals surface area contributed by atoms with Crippen molar-refractivity contribution in [3.05, 3.63) is 35.9 Å². The van der Waals surface area contributed by atoms with Gasteiger partial charge in [-0.2, -0.15) is 0 Å². The van der Waals surface area contributed by atoms with Gasteiger partial charge in [-0.3, -0.25) is 4.90 Å². The van der Waals surface area contributed by atoms with Crippen LogP contribution >= 0.6 is 0 Å². The van der Waals surface area contributed by atoms with Crippen molar-refractivity contribution in [1.29, 1.82) is 0 Å². The van der Waals surface area contributed by atoms with Crippen LogP contribution in [-0.4, -0.2) is 65.1 Å². The molecule has 5 atom stereocenters. The average Bonchev–Trinajstić information content (AvgIpc) is 3.33. The molecule has 0 saturated carbocycles. The number of carbonyl (C=O) groups excluding carboxylic acids is 1. The molecular formula is C17H21NO5. The van der Waals surface area contributed by atoms with Crippen LogP contribution in [0.2, 0.25) is 0 Å². The topological polar surface area (TPSA) is 82.5 Å². The fraction of sp³-hybridized carbons (Fsp3) is 0.588. The Labute approximate surface area is 134 Å². The minimum absolute atomic E-state index is 0.244. The highest BCUT2D eigenvalue weighted by molar-refractivity contribution is 5.81. The summed E-state index contributed by atoms with van der Waals surface area (Å²) in [7, 11) is 2.08. The fourth-order valence-electron chi connectivity index (χ4n) is 4.03. The second kappa shape index (κ2) is 5.27. The predicted molar refractivity (Wildman–Crippen MR) is 80.5 cm³/mol. The average molecular weight is 319 g/mol. The Morgan fingerprint density at radius 3 is 2.48 bits per heavy atom. The summed E-state index contributed by atoms with van der Waals surface area (Å²) in [5, 5.41) is 20.2. The maximum Gasteiger partial charge on any atom is 0.345 e. The molecule has 2 N–H and O–H groups in total. The lowest BCUT2D eigenvalue weighted by molar-refractivity contribution is -0.181. The van der Waals surface area contributed by atoms with Gasteiger partial charge >= 0.3 is 5.97 Å². The third-order valence-corrected chi connectivity index (χ3v) is 5.47. The second-order valence-corrected chi connectivity index (χ2v) is 6.75. The van der Waals surface area contributed by atoms with Gasteiger partial charge in [0.25, 0.3) is 0 Å². The van der Waals surface area contributed by atoms with Crippen LogP contribution < -0.4 is 0 Å². The first-order chi connectivity index (χ1) is 11.0. The van der Waals surface area contributed by atoms with Gasteiger partial charge < -0.3 is 19.7 Å². The number of nitrogens with zero attached hydrogens (tertiary/aromatic N) is 1. The van der Waals surface area contributed by atoms with Crippen LogP contribution in [0.1, 0.15) is 18.4 Å². The zero-order valence-electron chi connectivity index (χ0n) is 13.0. The molecular weight excluding hydrogens is 298 g/mol. The van der Waals surface area contributed by atoms with Crippen LogP contribution in [0.5, 0.6) is 0 Å². The van der Waals surface area contributed by atoms with E-state index in [1.165, 1.54) is 0 Å². The van der Waals surface area contributed by atoms with E-state index in [1.54, 1.807) is 30.3 Å². The molecule has 3 saturated heterocycles. The van der Waals surface area contributed by atoms with E-state index in [9.17, 15) is 15.0 Å². The molecule has 3 aliphatic heterocycles. The largest absolute Gasteiger partial charge is 0.460 e. The molecule has 0 aromatic heterocycles. The zero-order chi connectivity index (χ0) is 16.2. The SMILES string of the molecule is CN1C2CC(OC(=O)[C@@](O)(CO)c3ccccc3)CC1C1OC12. The molecule has 2 bridgehead atoms. The standard InChI is InChI=1S/C17H21NO5/c1-18-12-7-11(8-13(18)15-14(12)23-15)22-16(20)17(21,9-19)10-5-3-2-4-6-10/h2-6,11-15,19,21H,7-9H2,1H3/t11?,12?,13?,14?,15?,17-/m1/s1. The van der Waals surface area contributed by atoms with E-state index >= 15 is 0 Å². The Balaban J connectivity index is 1.47. The van der Waals surface area contributed by atoms with Crippen molar-refractivity contribution in [3.63, 3.8) is 0 Å². The van der Waals surface area contributed by atoms with Crippen molar-refractivity contribution in [2.24, 2.45) is 0 Å². The molecule has 3 fully saturated rings. The summed E-state index contributed by atoms with van der Waals surface area (Å²) < 4.78 is 11.2. The Kier molecular flexibility index (Phi) is 3.46. The van der Waals surface area contributed by atoms with E-state index in [-0.39, 0.29) is 30.4 Å². The molecule has 1 aromatic carbocycles. The van der Waals surface area contributed by atoms with Crippen LogP contribution in [0.4, 0.5) is 0 Å². The minimum atomic E-state index is -2.01. The highest BCUT2D eigenvalue weighted by atomic mass is 16.6. The summed E-state index contributed by atoms with van der Waals surface area (Å²) in [6, 6.07) is 8.98. The number of rotatable bonds is 4. The van der Waals surface area contributed by atoms with Gasteiger partial charge in [0.2, 0.25) is 5.60 Å². The summed E-state index contributed by atoms with van der Waals surface area (Å²) in [6.45, 7) is -0.705. The lowest BCUT2D eigenvalue weighted by atomic mass is 9.94. The summed E-state index contributed by atoms with van der Waals surface area (Å²) in [5.74, 6) is -0.783. The molecule has 1 aromatic rings. The van der Waals surface area contributed by atoms with Crippen LogP contribution in [0.3, 0.4) is 0 Å². The number of hydrogen-bond acceptors (Lipinski definition) is 6. The maximum absolute atomic E-state index is 12.5. The number of piperidine rings is 1. The van der Waals surface area contributed by atoms with Crippen molar-refractivity contribution in [2.45, 2.75) is 48.8 Å². The van der Waals surface area contributed by atoms with Crippen LogP contribution in [0.15, 0.2) is 30.3 Å². The summed E-state index contributed by atoms with van der Waals surface area (Å²) in [6.07, 6.45) is 1.69. The number of aliphatic hydroxyl groups is 2. The number of ether oxygens (including phenoxy) is 2. The highest BCUT2D eigenvalue weighted by Gasteiger charge is 2.63. The molecule has 0 spiro atoms. The number of esters is 1. The number of epoxide rings is 1. The van der Waals surface area contributed by atoms with E-state index in [0.717, 1.165) is 0 Å². The van der Waals surface area contributed by atoms with E-state index in [4.69, 9.17) is 9.47 Å². The number of fused-ring (bicyclic) bond motifs is 5. The molecule has 6 nitrogen and oxygen atoms in total. The molecule has 23 heavy (non-hydrogen) atoms. The van der Waals surface area contributed by atoms with Gasteiger partial charge in [-0.05, 0) is 12.6 Å². The molecule has 0 aliphatic carbocycles. The summed E-state index contributed by atoms with van der Waals surface area (Å²) >= 11 is 0. The first-order valence-corrected chi connectivity index (χ1v) is 8.02. The van der Waals surface area contributed by atoms with Crippen molar-refractivity contribution in [3.8, 4) is 0 Å². The van der Waals surface area contributed by atoms with Gasteiger partial charge in [-0.25, -0.2) is 4.79 Å². The third kappa shape index (κ3) is 2.29. The van der Waals surface area contributed by atoms with E-state index in [2.05, 4.69) is 11.9 Å². The van der Waals surface area contributed by atoms with Gasteiger partial charge in [0.15, 0.2) is 0 Å². The molecule has 3 aliphatic rings. The lowest BCUT2D eigenvalue weighted by Crippen LogP contribution is -2.50. The molecule has 4 rings (SSSR count). The molecule has 0 radical (unpaired) electrons. The smallest absolute Gasteiger partial charge is 0.345 e. The minimum Gasteiger partial charge on any atom is -0.460 e. The Morgan fingerprint density at radius 2 is 1.91 bits per heavy atom. The van der Waals surface area contributed by atoms with Crippen molar-refractivity contribution < 1.29 is 24.5 Å². The molecule has 6 heteroatoms. The van der Waals surface area contributed by atoms with Gasteiger partial charge in [0.1, 0.15) is 18.3 Å². The number of morpholine rings is 1. The van der Waals surface area contributed by atoms with Crippen LogP contribution in [0.25, 0.3) is 0 Å². The summed E-state index contributed by atoms with van der Waals surface area (Å²) in [4.78, 5) is 14.8. The molecule has 0 amide bonds. The number of likely N-dealkylation sites (N-methyl/N-ethyl adjacent to an activating group) is 1. The number of aliphatic hydroxyl groups excluding tert-OH is 1. The predicted octanol–water partition coefficient (Wildman–Crippen LogP) is 0.0221. The van der Waals surface area contributed by atoms with Crippen molar-refractivity contribution >= 4 is 5.97 Å². The van der Waals surface area contributed by atoms with E-state index in [1.807, 2.05) is 0 Å². The number of carbonyl (C=O) groups is 1. The molecule has 3 heterocycles. The van der Waals surface area contributed by atoms with Crippen LogP contribution in [-0.2, 0) is 19.9 Å². The van der Waals surface area contributed by atoms with Crippen molar-refractivity contribution in [2.75, 3.05) is 13.7 Å².